The number of para-hydroxylation sites is 1. The van der Waals surface area contributed by atoms with Crippen molar-refractivity contribution in [3.63, 3.8) is 0 Å². The van der Waals surface area contributed by atoms with E-state index in [2.05, 4.69) is 16.3 Å². The van der Waals surface area contributed by atoms with Crippen LogP contribution in [-0.4, -0.2) is 37.6 Å². The van der Waals surface area contributed by atoms with Crippen molar-refractivity contribution in [2.24, 2.45) is 0 Å². The van der Waals surface area contributed by atoms with Gasteiger partial charge in [-0.15, -0.1) is 11.3 Å². The molecule has 2 aromatic rings. The SMILES string of the molecule is COc1ccccc1[C@@H](CNC(=O)c1ccc(Cl)s1)N1CCCC1. The quantitative estimate of drug-likeness (QED) is 0.843. The van der Waals surface area contributed by atoms with Crippen LogP contribution in [-0.2, 0) is 0 Å². The van der Waals surface area contributed by atoms with Crippen LogP contribution in [0.1, 0.15) is 34.1 Å². The molecule has 1 saturated heterocycles. The Balaban J connectivity index is 1.76. The maximum Gasteiger partial charge on any atom is 0.261 e. The molecule has 24 heavy (non-hydrogen) atoms. The number of likely N-dealkylation sites (tertiary alicyclic amines) is 1. The van der Waals surface area contributed by atoms with E-state index in [0.717, 1.165) is 24.4 Å². The van der Waals surface area contributed by atoms with Gasteiger partial charge in [-0.1, -0.05) is 29.8 Å². The van der Waals surface area contributed by atoms with Crippen LogP contribution < -0.4 is 10.1 Å². The predicted octanol–water partition coefficient (Wildman–Crippen LogP) is 3.98. The lowest BCUT2D eigenvalue weighted by Crippen LogP contribution is -2.36. The first-order valence-corrected chi connectivity index (χ1v) is 9.29. The van der Waals surface area contributed by atoms with Gasteiger partial charge in [-0.2, -0.15) is 0 Å². The first-order chi connectivity index (χ1) is 11.7. The number of nitrogens with zero attached hydrogens (tertiary/aromatic N) is 1. The summed E-state index contributed by atoms with van der Waals surface area (Å²) in [7, 11) is 1.69. The summed E-state index contributed by atoms with van der Waals surface area (Å²) in [6.45, 7) is 2.64. The second kappa shape index (κ2) is 8.01. The molecular weight excluding hydrogens is 344 g/mol. The van der Waals surface area contributed by atoms with E-state index in [1.54, 1.807) is 19.2 Å². The number of ether oxygens (including phenoxy) is 1. The van der Waals surface area contributed by atoms with Crippen molar-refractivity contribution in [3.8, 4) is 5.75 Å². The van der Waals surface area contributed by atoms with E-state index >= 15 is 0 Å². The summed E-state index contributed by atoms with van der Waals surface area (Å²) in [5.41, 5.74) is 1.12. The van der Waals surface area contributed by atoms with Gasteiger partial charge >= 0.3 is 0 Å². The van der Waals surface area contributed by atoms with Gasteiger partial charge in [-0.05, 0) is 44.1 Å². The molecule has 3 rings (SSSR count). The van der Waals surface area contributed by atoms with E-state index in [0.29, 0.717) is 15.8 Å². The fraction of sp³-hybridized carbons (Fsp3) is 0.389. The molecule has 0 aliphatic carbocycles. The number of benzene rings is 1. The maximum absolute atomic E-state index is 12.4. The average Bonchev–Trinajstić information content (AvgIpc) is 3.27. The lowest BCUT2D eigenvalue weighted by Gasteiger charge is -2.29. The normalized spacial score (nSPS) is 16.1. The zero-order valence-electron chi connectivity index (χ0n) is 13.6. The minimum atomic E-state index is -0.0778. The van der Waals surface area contributed by atoms with E-state index in [4.69, 9.17) is 16.3 Å². The van der Waals surface area contributed by atoms with Crippen LogP contribution in [0.4, 0.5) is 0 Å². The molecule has 0 bridgehead atoms. The third kappa shape index (κ3) is 3.91. The summed E-state index contributed by atoms with van der Waals surface area (Å²) in [6.07, 6.45) is 2.39. The molecule has 1 amide bonds. The number of carbonyl (C=O) groups is 1. The molecule has 1 aromatic heterocycles. The van der Waals surface area contributed by atoms with Crippen LogP contribution in [0.3, 0.4) is 0 Å². The van der Waals surface area contributed by atoms with Gasteiger partial charge in [0, 0.05) is 12.1 Å². The second-order valence-corrected chi connectivity index (χ2v) is 7.53. The van der Waals surface area contributed by atoms with Crippen LogP contribution in [0, 0.1) is 0 Å². The van der Waals surface area contributed by atoms with Crippen molar-refractivity contribution in [1.29, 1.82) is 0 Å². The number of carbonyl (C=O) groups excluding carboxylic acids is 1. The van der Waals surface area contributed by atoms with Crippen molar-refractivity contribution < 1.29 is 9.53 Å². The molecule has 1 N–H and O–H groups in total. The lowest BCUT2D eigenvalue weighted by molar-refractivity contribution is 0.0941. The molecule has 4 nitrogen and oxygen atoms in total. The van der Waals surface area contributed by atoms with Crippen molar-refractivity contribution in [1.82, 2.24) is 10.2 Å². The Bertz CT molecular complexity index is 698. The summed E-state index contributed by atoms with van der Waals surface area (Å²) in [5.74, 6) is 0.786. The van der Waals surface area contributed by atoms with Crippen LogP contribution in [0.2, 0.25) is 4.34 Å². The molecule has 1 atom stereocenters. The fourth-order valence-corrected chi connectivity index (χ4v) is 4.10. The molecule has 0 saturated carbocycles. The average molecular weight is 365 g/mol. The Labute approximate surface area is 151 Å². The fourth-order valence-electron chi connectivity index (χ4n) is 3.14. The van der Waals surface area contributed by atoms with Gasteiger partial charge in [0.25, 0.3) is 5.91 Å². The first kappa shape index (κ1) is 17.3. The molecule has 1 fully saturated rings. The molecule has 0 unspecified atom stereocenters. The molecular formula is C18H21ClN2O2S. The predicted molar refractivity (Wildman–Crippen MR) is 98.2 cm³/mol. The van der Waals surface area contributed by atoms with E-state index < -0.39 is 0 Å². The number of hydrogen-bond acceptors (Lipinski definition) is 4. The van der Waals surface area contributed by atoms with Gasteiger partial charge < -0.3 is 10.1 Å². The topological polar surface area (TPSA) is 41.6 Å². The molecule has 1 aromatic carbocycles. The molecule has 1 aliphatic rings. The first-order valence-electron chi connectivity index (χ1n) is 8.09. The Morgan fingerprint density at radius 1 is 1.29 bits per heavy atom. The standard InChI is InChI=1S/C18H21ClN2O2S/c1-23-15-7-3-2-6-13(15)14(21-10-4-5-11-21)12-20-18(22)16-8-9-17(19)24-16/h2-3,6-9,14H,4-5,10-12H2,1H3,(H,20,22)/t14-/m1/s1. The zero-order valence-corrected chi connectivity index (χ0v) is 15.2. The van der Waals surface area contributed by atoms with Crippen LogP contribution >= 0.6 is 22.9 Å². The van der Waals surface area contributed by atoms with Gasteiger partial charge in [0.15, 0.2) is 0 Å². The van der Waals surface area contributed by atoms with Gasteiger partial charge in [-0.3, -0.25) is 9.69 Å². The Morgan fingerprint density at radius 2 is 2.04 bits per heavy atom. The number of hydrogen-bond donors (Lipinski definition) is 1. The van der Waals surface area contributed by atoms with Gasteiger partial charge in [0.2, 0.25) is 0 Å². The van der Waals surface area contributed by atoms with Crippen molar-refractivity contribution >= 4 is 28.8 Å². The number of halogens is 1. The van der Waals surface area contributed by atoms with Crippen molar-refractivity contribution in [3.05, 3.63) is 51.2 Å². The maximum atomic E-state index is 12.4. The van der Waals surface area contributed by atoms with Crippen LogP contribution in [0.25, 0.3) is 0 Å². The highest BCUT2D eigenvalue weighted by atomic mass is 35.5. The number of nitrogens with one attached hydrogen (secondary N) is 1. The summed E-state index contributed by atoms with van der Waals surface area (Å²) >= 11 is 7.22. The smallest absolute Gasteiger partial charge is 0.261 e. The van der Waals surface area contributed by atoms with Gasteiger partial charge in [0.05, 0.1) is 22.4 Å². The third-order valence-corrected chi connectivity index (χ3v) is 5.56. The second-order valence-electron chi connectivity index (χ2n) is 5.81. The zero-order chi connectivity index (χ0) is 16.9. The molecule has 128 valence electrons. The highest BCUT2D eigenvalue weighted by molar-refractivity contribution is 7.17. The van der Waals surface area contributed by atoms with Crippen molar-refractivity contribution in [2.45, 2.75) is 18.9 Å². The monoisotopic (exact) mass is 364 g/mol. The van der Waals surface area contributed by atoms with E-state index in [9.17, 15) is 4.79 Å². The van der Waals surface area contributed by atoms with Crippen LogP contribution in [0.15, 0.2) is 36.4 Å². The number of methoxy groups -OCH3 is 1. The highest BCUT2D eigenvalue weighted by Crippen LogP contribution is 2.31. The summed E-state index contributed by atoms with van der Waals surface area (Å²) in [6, 6.07) is 11.7. The Morgan fingerprint density at radius 3 is 2.71 bits per heavy atom. The third-order valence-electron chi connectivity index (χ3n) is 4.33. The Kier molecular flexibility index (Phi) is 5.76. The minimum Gasteiger partial charge on any atom is -0.496 e. The molecule has 6 heteroatoms. The highest BCUT2D eigenvalue weighted by Gasteiger charge is 2.26. The molecule has 0 spiro atoms. The van der Waals surface area contributed by atoms with E-state index in [-0.39, 0.29) is 11.9 Å². The summed E-state index contributed by atoms with van der Waals surface area (Å²) in [5, 5.41) is 3.05. The van der Waals surface area contributed by atoms with Gasteiger partial charge in [-0.25, -0.2) is 0 Å². The number of amides is 1. The molecule has 0 radical (unpaired) electrons. The molecule has 2 heterocycles. The van der Waals surface area contributed by atoms with E-state index in [1.807, 2.05) is 18.2 Å². The van der Waals surface area contributed by atoms with Crippen molar-refractivity contribution in [2.75, 3.05) is 26.7 Å². The number of rotatable bonds is 6. The Hall–Kier alpha value is -1.56. The largest absolute Gasteiger partial charge is 0.496 e. The van der Waals surface area contributed by atoms with E-state index in [1.165, 1.54) is 24.2 Å². The molecule has 1 aliphatic heterocycles. The summed E-state index contributed by atoms with van der Waals surface area (Å²) < 4.78 is 6.15. The number of thiophene rings is 1. The lowest BCUT2D eigenvalue weighted by atomic mass is 10.0. The summed E-state index contributed by atoms with van der Waals surface area (Å²) in [4.78, 5) is 15.4. The van der Waals surface area contributed by atoms with Crippen LogP contribution in [0.5, 0.6) is 5.75 Å². The van der Waals surface area contributed by atoms with Gasteiger partial charge in [0.1, 0.15) is 5.75 Å². The minimum absolute atomic E-state index is 0.0778.